The molecule has 0 aliphatic heterocycles. The molecule has 1 heterocycles. The first-order valence-electron chi connectivity index (χ1n) is 6.68. The Morgan fingerprint density at radius 1 is 1.21 bits per heavy atom. The molecule has 0 unspecified atom stereocenters. The van der Waals surface area contributed by atoms with Crippen LogP contribution in [0.3, 0.4) is 0 Å². The second-order valence-corrected chi connectivity index (χ2v) is 4.30. The molecule has 2 aromatic rings. The minimum atomic E-state index is 0.570. The molecule has 0 spiro atoms. The summed E-state index contributed by atoms with van der Waals surface area (Å²) in [6.45, 7) is 6.40. The van der Waals surface area contributed by atoms with E-state index in [0.717, 1.165) is 35.9 Å². The fourth-order valence-electron chi connectivity index (χ4n) is 2.00. The predicted molar refractivity (Wildman–Crippen MR) is 79.2 cm³/mol. The van der Waals surface area contributed by atoms with Crippen LogP contribution in [0.5, 0.6) is 0 Å². The molecular weight excluding hydrogens is 238 g/mol. The summed E-state index contributed by atoms with van der Waals surface area (Å²) in [5.74, 6) is 1.80. The zero-order chi connectivity index (χ0) is 13.7. The Labute approximate surface area is 113 Å². The van der Waals surface area contributed by atoms with Crippen molar-refractivity contribution in [3.63, 3.8) is 0 Å². The van der Waals surface area contributed by atoms with Crippen LogP contribution in [0, 0.1) is 0 Å². The molecule has 0 saturated heterocycles. The lowest BCUT2D eigenvalue weighted by Gasteiger charge is -2.08. The number of aromatic nitrogens is 2. The van der Waals surface area contributed by atoms with E-state index in [9.17, 15) is 0 Å². The van der Waals surface area contributed by atoms with Crippen LogP contribution in [0.15, 0.2) is 29.3 Å². The van der Waals surface area contributed by atoms with Crippen molar-refractivity contribution in [1.82, 2.24) is 20.2 Å². The highest BCUT2D eigenvalue weighted by Gasteiger charge is 2.06. The summed E-state index contributed by atoms with van der Waals surface area (Å²) in [6, 6.07) is 8.13. The number of nitrogens with zero attached hydrogens (tertiary/aromatic N) is 3. The molecule has 0 fully saturated rings. The van der Waals surface area contributed by atoms with E-state index < -0.39 is 0 Å². The fourth-order valence-corrected chi connectivity index (χ4v) is 2.00. The van der Waals surface area contributed by atoms with Gasteiger partial charge in [0, 0.05) is 20.1 Å². The van der Waals surface area contributed by atoms with Gasteiger partial charge in [0.05, 0.1) is 11.0 Å². The summed E-state index contributed by atoms with van der Waals surface area (Å²) in [5, 5.41) is 6.42. The Hall–Kier alpha value is -2.04. The third-order valence-electron chi connectivity index (χ3n) is 2.95. The lowest BCUT2D eigenvalue weighted by molar-refractivity contribution is 0.787. The van der Waals surface area contributed by atoms with Crippen molar-refractivity contribution in [3.8, 4) is 0 Å². The van der Waals surface area contributed by atoms with Gasteiger partial charge in [0.1, 0.15) is 12.4 Å². The van der Waals surface area contributed by atoms with Crippen molar-refractivity contribution < 1.29 is 0 Å². The number of benzene rings is 1. The molecule has 102 valence electrons. The van der Waals surface area contributed by atoms with Gasteiger partial charge in [-0.05, 0) is 26.0 Å². The molecular formula is C14H21N5. The molecule has 0 saturated carbocycles. The number of rotatable bonds is 4. The van der Waals surface area contributed by atoms with Gasteiger partial charge in [-0.25, -0.2) is 9.98 Å². The van der Waals surface area contributed by atoms with Gasteiger partial charge in [-0.2, -0.15) is 0 Å². The largest absolute Gasteiger partial charge is 0.357 e. The molecule has 0 atom stereocenters. The molecule has 0 aliphatic rings. The number of nitrogens with one attached hydrogen (secondary N) is 2. The van der Waals surface area contributed by atoms with Crippen LogP contribution in [0.2, 0.25) is 0 Å². The lowest BCUT2D eigenvalue weighted by atomic mass is 10.3. The molecule has 5 nitrogen and oxygen atoms in total. The quantitative estimate of drug-likeness (QED) is 0.648. The molecule has 0 radical (unpaired) electrons. The number of imidazole rings is 1. The molecule has 0 aliphatic carbocycles. The second-order valence-electron chi connectivity index (χ2n) is 4.30. The Morgan fingerprint density at radius 2 is 1.89 bits per heavy atom. The van der Waals surface area contributed by atoms with Crippen molar-refractivity contribution in [1.29, 1.82) is 0 Å². The Balaban J connectivity index is 2.20. The van der Waals surface area contributed by atoms with Gasteiger partial charge < -0.3 is 15.2 Å². The number of guanidine groups is 1. The normalized spacial score (nSPS) is 10.5. The first-order valence-corrected chi connectivity index (χ1v) is 6.68. The van der Waals surface area contributed by atoms with Crippen molar-refractivity contribution in [2.24, 2.45) is 12.0 Å². The molecule has 1 aromatic heterocycles. The van der Waals surface area contributed by atoms with Gasteiger partial charge in [0.15, 0.2) is 5.96 Å². The van der Waals surface area contributed by atoms with Gasteiger partial charge in [0.2, 0.25) is 0 Å². The summed E-state index contributed by atoms with van der Waals surface area (Å²) in [7, 11) is 2.03. The first-order chi connectivity index (χ1) is 9.26. The van der Waals surface area contributed by atoms with Gasteiger partial charge >= 0.3 is 0 Å². The maximum atomic E-state index is 4.60. The van der Waals surface area contributed by atoms with E-state index in [1.54, 1.807) is 0 Å². The number of hydrogen-bond donors (Lipinski definition) is 2. The average molecular weight is 259 g/mol. The SMILES string of the molecule is CCNC(=NCc1nc2ccccc2n1C)NCC. The molecule has 19 heavy (non-hydrogen) atoms. The fraction of sp³-hybridized carbons (Fsp3) is 0.429. The molecule has 0 bridgehead atoms. The van der Waals surface area contributed by atoms with E-state index in [-0.39, 0.29) is 0 Å². The number of aryl methyl sites for hydroxylation is 1. The Bertz CT molecular complexity index is 562. The molecule has 2 rings (SSSR count). The van der Waals surface area contributed by atoms with Gasteiger partial charge in [-0.15, -0.1) is 0 Å². The molecule has 5 heteroatoms. The average Bonchev–Trinajstić information content (AvgIpc) is 2.74. The molecule has 2 N–H and O–H groups in total. The number of fused-ring (bicyclic) bond motifs is 1. The highest BCUT2D eigenvalue weighted by atomic mass is 15.2. The standard InChI is InChI=1S/C14H21N5/c1-4-15-14(16-5-2)17-10-13-18-11-8-6-7-9-12(11)19(13)3/h6-9H,4-5,10H2,1-3H3,(H2,15,16,17). The maximum Gasteiger partial charge on any atom is 0.191 e. The van der Waals surface area contributed by atoms with Crippen LogP contribution in [-0.4, -0.2) is 28.6 Å². The van der Waals surface area contributed by atoms with Crippen LogP contribution in [-0.2, 0) is 13.6 Å². The van der Waals surface area contributed by atoms with Crippen molar-refractivity contribution in [2.45, 2.75) is 20.4 Å². The van der Waals surface area contributed by atoms with Crippen molar-refractivity contribution in [3.05, 3.63) is 30.1 Å². The summed E-state index contributed by atoms with van der Waals surface area (Å²) in [6.07, 6.45) is 0. The molecule has 0 amide bonds. The zero-order valence-electron chi connectivity index (χ0n) is 11.8. The third-order valence-corrected chi connectivity index (χ3v) is 2.95. The van der Waals surface area contributed by atoms with E-state index in [1.165, 1.54) is 0 Å². The number of hydrogen-bond acceptors (Lipinski definition) is 2. The number of aliphatic imine (C=N–C) groups is 1. The van der Waals surface area contributed by atoms with E-state index in [1.807, 2.05) is 25.2 Å². The minimum Gasteiger partial charge on any atom is -0.357 e. The highest BCUT2D eigenvalue weighted by molar-refractivity contribution is 5.80. The van der Waals surface area contributed by atoms with Gasteiger partial charge in [-0.3, -0.25) is 0 Å². The van der Waals surface area contributed by atoms with Crippen LogP contribution < -0.4 is 10.6 Å². The zero-order valence-corrected chi connectivity index (χ0v) is 11.8. The topological polar surface area (TPSA) is 54.2 Å². The smallest absolute Gasteiger partial charge is 0.191 e. The third kappa shape index (κ3) is 3.05. The highest BCUT2D eigenvalue weighted by Crippen LogP contribution is 2.14. The summed E-state index contributed by atoms with van der Waals surface area (Å²) in [4.78, 5) is 9.15. The predicted octanol–water partition coefficient (Wildman–Crippen LogP) is 1.65. The first kappa shape index (κ1) is 13.4. The van der Waals surface area contributed by atoms with Gasteiger partial charge in [-0.1, -0.05) is 12.1 Å². The Kier molecular flexibility index (Phi) is 4.39. The molecule has 1 aromatic carbocycles. The van der Waals surface area contributed by atoms with E-state index in [2.05, 4.69) is 45.1 Å². The van der Waals surface area contributed by atoms with Crippen LogP contribution in [0.4, 0.5) is 0 Å². The Morgan fingerprint density at radius 3 is 2.53 bits per heavy atom. The van der Waals surface area contributed by atoms with Crippen molar-refractivity contribution in [2.75, 3.05) is 13.1 Å². The van der Waals surface area contributed by atoms with Crippen molar-refractivity contribution >= 4 is 17.0 Å². The summed E-state index contributed by atoms with van der Waals surface area (Å²) >= 11 is 0. The van der Waals surface area contributed by atoms with Crippen LogP contribution >= 0.6 is 0 Å². The second kappa shape index (κ2) is 6.22. The van der Waals surface area contributed by atoms with E-state index in [0.29, 0.717) is 6.54 Å². The summed E-state index contributed by atoms with van der Waals surface area (Å²) < 4.78 is 2.09. The number of para-hydroxylation sites is 2. The van der Waals surface area contributed by atoms with Crippen LogP contribution in [0.1, 0.15) is 19.7 Å². The lowest BCUT2D eigenvalue weighted by Crippen LogP contribution is -2.37. The summed E-state index contributed by atoms with van der Waals surface area (Å²) in [5.41, 5.74) is 2.16. The van der Waals surface area contributed by atoms with E-state index in [4.69, 9.17) is 0 Å². The van der Waals surface area contributed by atoms with Crippen LogP contribution in [0.25, 0.3) is 11.0 Å². The van der Waals surface area contributed by atoms with E-state index >= 15 is 0 Å². The monoisotopic (exact) mass is 259 g/mol. The maximum absolute atomic E-state index is 4.60. The van der Waals surface area contributed by atoms with Gasteiger partial charge in [0.25, 0.3) is 0 Å². The minimum absolute atomic E-state index is 0.570.